The maximum atomic E-state index is 12.9. The first-order valence-electron chi connectivity index (χ1n) is 14.2. The molecule has 1 atom stereocenters. The first kappa shape index (κ1) is 29.4. The number of ether oxygens (including phenoxy) is 3. The quantitative estimate of drug-likeness (QED) is 0.215. The fraction of sp³-hybridized carbons (Fsp3) is 0.548. The van der Waals surface area contributed by atoms with E-state index in [0.29, 0.717) is 25.3 Å². The first-order valence-corrected chi connectivity index (χ1v) is 14.2. The maximum Gasteiger partial charge on any atom is 0.343 e. The Labute approximate surface area is 235 Å². The number of rotatable bonds is 11. The van der Waals surface area contributed by atoms with E-state index in [4.69, 9.17) is 19.3 Å². The summed E-state index contributed by atoms with van der Waals surface area (Å²) in [5.74, 6) is -0.0520. The molecule has 0 amide bonds. The number of nitrogens with zero attached hydrogens (tertiary/aromatic N) is 3. The number of carbonyl (C=O) groups is 2. The van der Waals surface area contributed by atoms with Gasteiger partial charge in [-0.2, -0.15) is 5.10 Å². The molecule has 40 heavy (non-hydrogen) atoms. The molecule has 9 heteroatoms. The minimum atomic E-state index is -0.638. The van der Waals surface area contributed by atoms with E-state index in [-0.39, 0.29) is 34.5 Å². The van der Waals surface area contributed by atoms with Gasteiger partial charge in [-0.1, -0.05) is 52.2 Å². The van der Waals surface area contributed by atoms with E-state index >= 15 is 0 Å². The smallest absolute Gasteiger partial charge is 0.343 e. The third kappa shape index (κ3) is 6.40. The summed E-state index contributed by atoms with van der Waals surface area (Å²) in [7, 11) is 1.28. The van der Waals surface area contributed by atoms with Crippen LogP contribution in [0.2, 0.25) is 0 Å². The summed E-state index contributed by atoms with van der Waals surface area (Å²) in [6.07, 6.45) is 6.82. The number of methoxy groups -OCH3 is 1. The minimum absolute atomic E-state index is 0.0253. The number of carbonyl (C=O) groups excluding carboxylic acids is 2. The molecule has 0 aliphatic carbocycles. The average molecular weight is 552 g/mol. The van der Waals surface area contributed by atoms with Gasteiger partial charge in [0, 0.05) is 24.1 Å². The van der Waals surface area contributed by atoms with Crippen molar-refractivity contribution < 1.29 is 23.8 Å². The van der Waals surface area contributed by atoms with Crippen molar-refractivity contribution in [2.24, 2.45) is 5.41 Å². The number of aromatic nitrogens is 3. The number of unbranched alkanes of at least 4 members (excludes halogenated alkanes) is 4. The molecular weight excluding hydrogens is 510 g/mol. The molecule has 0 N–H and O–H groups in total. The predicted molar refractivity (Wildman–Crippen MR) is 154 cm³/mol. The molecule has 0 saturated heterocycles. The number of benzene rings is 1. The van der Waals surface area contributed by atoms with Crippen molar-refractivity contribution in [3.05, 3.63) is 46.2 Å². The summed E-state index contributed by atoms with van der Waals surface area (Å²) >= 11 is 0. The summed E-state index contributed by atoms with van der Waals surface area (Å²) in [4.78, 5) is 36.9. The Balaban J connectivity index is 1.49. The molecule has 0 fully saturated rings. The van der Waals surface area contributed by atoms with Crippen LogP contribution in [0.25, 0.3) is 22.3 Å². The van der Waals surface area contributed by atoms with Crippen LogP contribution in [-0.4, -0.2) is 46.1 Å². The van der Waals surface area contributed by atoms with Gasteiger partial charge in [0.15, 0.2) is 5.43 Å². The van der Waals surface area contributed by atoms with Gasteiger partial charge in [-0.25, -0.2) is 4.79 Å². The van der Waals surface area contributed by atoms with Crippen LogP contribution in [0, 0.1) is 5.41 Å². The molecule has 0 spiro atoms. The molecule has 9 nitrogen and oxygen atoms in total. The van der Waals surface area contributed by atoms with Crippen LogP contribution < -0.4 is 10.2 Å². The van der Waals surface area contributed by atoms with Gasteiger partial charge in [-0.15, -0.1) is 0 Å². The number of fused-ring (bicyclic) bond motifs is 5. The summed E-state index contributed by atoms with van der Waals surface area (Å²) < 4.78 is 20.2. The van der Waals surface area contributed by atoms with E-state index in [1.165, 1.54) is 13.2 Å². The van der Waals surface area contributed by atoms with Crippen molar-refractivity contribution in [3.8, 4) is 17.1 Å². The second-order valence-electron chi connectivity index (χ2n) is 11.8. The highest BCUT2D eigenvalue weighted by Crippen LogP contribution is 2.43. The van der Waals surface area contributed by atoms with Gasteiger partial charge in [-0.05, 0) is 38.2 Å². The van der Waals surface area contributed by atoms with Gasteiger partial charge in [-0.3, -0.25) is 14.3 Å². The minimum Gasteiger partial charge on any atom is -0.491 e. The summed E-state index contributed by atoms with van der Waals surface area (Å²) in [5, 5.41) is 5.84. The van der Waals surface area contributed by atoms with E-state index in [9.17, 15) is 14.4 Å². The number of hydrogen-bond donors (Lipinski definition) is 0. The van der Waals surface area contributed by atoms with Crippen molar-refractivity contribution in [1.82, 2.24) is 14.3 Å². The van der Waals surface area contributed by atoms with Crippen molar-refractivity contribution in [2.45, 2.75) is 91.8 Å². The molecule has 1 aromatic carbocycles. The highest BCUT2D eigenvalue weighted by molar-refractivity contribution is 5.97. The third-order valence-electron chi connectivity index (χ3n) is 7.29. The van der Waals surface area contributed by atoms with Crippen LogP contribution in [0.4, 0.5) is 0 Å². The first-order chi connectivity index (χ1) is 19.0. The molecule has 216 valence electrons. The Morgan fingerprint density at radius 1 is 1.10 bits per heavy atom. The van der Waals surface area contributed by atoms with Crippen LogP contribution in [0.5, 0.6) is 5.75 Å². The summed E-state index contributed by atoms with van der Waals surface area (Å²) in [6, 6.07) is 7.34. The van der Waals surface area contributed by atoms with Gasteiger partial charge in [0.1, 0.15) is 16.8 Å². The van der Waals surface area contributed by atoms with Crippen LogP contribution in [0.3, 0.4) is 0 Å². The Morgan fingerprint density at radius 2 is 1.82 bits per heavy atom. The van der Waals surface area contributed by atoms with E-state index < -0.39 is 5.97 Å². The molecule has 1 aliphatic rings. The average Bonchev–Trinajstić information content (AvgIpc) is 3.27. The zero-order valence-electron chi connectivity index (χ0n) is 24.5. The zero-order chi connectivity index (χ0) is 29.0. The van der Waals surface area contributed by atoms with Crippen molar-refractivity contribution in [1.29, 1.82) is 0 Å². The number of hydrogen-bond acceptors (Lipinski definition) is 7. The molecule has 0 unspecified atom stereocenters. The van der Waals surface area contributed by atoms with Gasteiger partial charge in [0.25, 0.3) is 0 Å². The van der Waals surface area contributed by atoms with Gasteiger partial charge < -0.3 is 18.8 Å². The monoisotopic (exact) mass is 551 g/mol. The lowest BCUT2D eigenvalue weighted by Crippen LogP contribution is -2.35. The van der Waals surface area contributed by atoms with Crippen LogP contribution in [0.15, 0.2) is 35.3 Å². The highest BCUT2D eigenvalue weighted by Gasteiger charge is 2.35. The zero-order valence-corrected chi connectivity index (χ0v) is 24.5. The van der Waals surface area contributed by atoms with Gasteiger partial charge >= 0.3 is 11.9 Å². The molecule has 0 bridgehead atoms. The lowest BCUT2D eigenvalue weighted by Gasteiger charge is -2.38. The third-order valence-corrected chi connectivity index (χ3v) is 7.29. The van der Waals surface area contributed by atoms with E-state index in [2.05, 4.69) is 20.8 Å². The molecule has 3 heterocycles. The molecule has 3 aromatic rings. The molecule has 0 saturated carbocycles. The molecular formula is C31H41N3O6. The van der Waals surface area contributed by atoms with Crippen molar-refractivity contribution in [3.63, 3.8) is 0 Å². The lowest BCUT2D eigenvalue weighted by atomic mass is 9.85. The van der Waals surface area contributed by atoms with Crippen LogP contribution in [-0.2, 0) is 20.8 Å². The number of esters is 2. The SMILES string of the molecule is COC(=O)c1cn2c(cc1=O)-c1c3cccc(OCCCCCCCC(=O)OC(C)C)c3nn1C[C@H]2C(C)(C)C. The van der Waals surface area contributed by atoms with Gasteiger partial charge in [0.2, 0.25) is 0 Å². The second-order valence-corrected chi connectivity index (χ2v) is 11.8. The molecule has 1 aliphatic heterocycles. The largest absolute Gasteiger partial charge is 0.491 e. The highest BCUT2D eigenvalue weighted by atomic mass is 16.5. The Morgan fingerprint density at radius 3 is 2.52 bits per heavy atom. The normalized spacial score (nSPS) is 14.6. The topological polar surface area (TPSA) is 102 Å². The van der Waals surface area contributed by atoms with E-state index in [1.54, 1.807) is 6.20 Å². The Bertz CT molecular complexity index is 1430. The Hall–Kier alpha value is -3.62. The van der Waals surface area contributed by atoms with E-state index in [0.717, 1.165) is 54.4 Å². The Kier molecular flexibility index (Phi) is 9.01. The van der Waals surface area contributed by atoms with Crippen molar-refractivity contribution >= 4 is 22.8 Å². The van der Waals surface area contributed by atoms with Crippen molar-refractivity contribution in [2.75, 3.05) is 13.7 Å². The predicted octanol–water partition coefficient (Wildman–Crippen LogP) is 5.92. The summed E-state index contributed by atoms with van der Waals surface area (Å²) in [6.45, 7) is 11.3. The standard InChI is InChI=1S/C31H41N3O6/c1-20(2)40-27(36)15-10-8-7-9-11-16-39-25-14-12-13-21-28(25)32-34-19-26(31(3,4)5)33-18-22(30(37)38-6)24(35)17-23(33)29(21)34/h12-14,17-18,20,26H,7-11,15-16,19H2,1-6H3/t26-/m0/s1. The van der Waals surface area contributed by atoms with E-state index in [1.807, 2.05) is 41.3 Å². The maximum absolute atomic E-state index is 12.9. The van der Waals surface area contributed by atoms with Crippen LogP contribution >= 0.6 is 0 Å². The molecule has 4 rings (SSSR count). The van der Waals surface area contributed by atoms with Crippen LogP contribution in [0.1, 0.15) is 89.5 Å². The lowest BCUT2D eigenvalue weighted by molar-refractivity contribution is -0.147. The summed E-state index contributed by atoms with van der Waals surface area (Å²) in [5.41, 5.74) is 1.80. The number of pyridine rings is 1. The molecule has 0 radical (unpaired) electrons. The fourth-order valence-corrected chi connectivity index (χ4v) is 5.25. The second kappa shape index (κ2) is 12.3. The molecule has 2 aromatic heterocycles. The fourth-order valence-electron chi connectivity index (χ4n) is 5.25. The van der Waals surface area contributed by atoms with Gasteiger partial charge in [0.05, 0.1) is 43.8 Å².